The summed E-state index contributed by atoms with van der Waals surface area (Å²) >= 11 is 0. The summed E-state index contributed by atoms with van der Waals surface area (Å²) in [4.78, 5) is 0. The first-order chi connectivity index (χ1) is 17.9. The second-order valence-corrected chi connectivity index (χ2v) is 13.8. The van der Waals surface area contributed by atoms with Crippen molar-refractivity contribution in [3.63, 3.8) is 0 Å². The lowest BCUT2D eigenvalue weighted by molar-refractivity contribution is -0.0158. The first-order valence-corrected chi connectivity index (χ1v) is 15.4. The van der Waals surface area contributed by atoms with Crippen LogP contribution in [0, 0.1) is 40.4 Å². The summed E-state index contributed by atoms with van der Waals surface area (Å²) < 4.78 is 0. The molecular formula is C36H48O. The Bertz CT molecular complexity index is 1050. The smallest absolute Gasteiger partial charge is 0.0543 e. The van der Waals surface area contributed by atoms with Gasteiger partial charge in [0.2, 0.25) is 0 Å². The van der Waals surface area contributed by atoms with Gasteiger partial charge in [-0.3, -0.25) is 0 Å². The first kappa shape index (κ1) is 25.4. The lowest BCUT2D eigenvalue weighted by Gasteiger charge is -2.57. The number of hydrogen-bond acceptors (Lipinski definition) is 1. The highest BCUT2D eigenvalue weighted by molar-refractivity contribution is 5.32. The van der Waals surface area contributed by atoms with Crippen LogP contribution in [-0.2, 0) is 0 Å². The van der Waals surface area contributed by atoms with Crippen molar-refractivity contribution in [3.05, 3.63) is 83.4 Å². The SMILES string of the molecule is C[C@H](CCC(c1ccccc1)c1ccccc1)[C@@H]1CC[C@@H]2[C@@H]3CC[C@@H]4C[C@H](O)CC[C@@]4(C)C3=CC[C@]21C. The van der Waals surface area contributed by atoms with Gasteiger partial charge in [0.25, 0.3) is 0 Å². The average molecular weight is 497 g/mol. The molecule has 0 saturated heterocycles. The Balaban J connectivity index is 1.19. The maximum atomic E-state index is 10.4. The third kappa shape index (κ3) is 4.44. The zero-order chi connectivity index (χ0) is 25.6. The lowest BCUT2D eigenvalue weighted by Crippen LogP contribution is -2.48. The summed E-state index contributed by atoms with van der Waals surface area (Å²) in [6, 6.07) is 22.4. The molecule has 6 rings (SSSR count). The van der Waals surface area contributed by atoms with Crippen molar-refractivity contribution in [2.75, 3.05) is 0 Å². The van der Waals surface area contributed by atoms with Crippen LogP contribution in [0.1, 0.15) is 102 Å². The Kier molecular flexibility index (Phi) is 6.89. The zero-order valence-electron chi connectivity index (χ0n) is 23.4. The Hall–Kier alpha value is -1.86. The van der Waals surface area contributed by atoms with E-state index in [0.29, 0.717) is 22.7 Å². The van der Waals surface area contributed by atoms with Gasteiger partial charge in [-0.15, -0.1) is 0 Å². The van der Waals surface area contributed by atoms with Crippen molar-refractivity contribution in [3.8, 4) is 0 Å². The standard InChI is InChI=1S/C36H48O/c1-25(14-16-30(26-10-6-4-7-11-26)27-12-8-5-9-13-27)32-18-19-33-31-17-15-28-24-29(37)20-22-35(28,2)34(31)21-23-36(32,33)3/h4-13,21,25,28-33,37H,14-20,22-24H2,1-3H3/t25-,28-,29-,31+,32+,33-,35-,36+/m1/s1. The highest BCUT2D eigenvalue weighted by atomic mass is 16.3. The van der Waals surface area contributed by atoms with E-state index in [0.717, 1.165) is 36.5 Å². The van der Waals surface area contributed by atoms with Gasteiger partial charge < -0.3 is 5.11 Å². The Morgan fingerprint density at radius 2 is 1.51 bits per heavy atom. The van der Waals surface area contributed by atoms with Crippen LogP contribution in [0.3, 0.4) is 0 Å². The molecule has 0 aromatic heterocycles. The minimum absolute atomic E-state index is 0.0589. The van der Waals surface area contributed by atoms with E-state index >= 15 is 0 Å². The van der Waals surface area contributed by atoms with Crippen LogP contribution < -0.4 is 0 Å². The third-order valence-corrected chi connectivity index (χ3v) is 12.1. The van der Waals surface area contributed by atoms with Crippen LogP contribution in [0.2, 0.25) is 0 Å². The topological polar surface area (TPSA) is 20.2 Å². The van der Waals surface area contributed by atoms with Gasteiger partial charge in [-0.1, -0.05) is 93.1 Å². The van der Waals surface area contributed by atoms with Gasteiger partial charge in [0.1, 0.15) is 0 Å². The molecule has 4 aliphatic rings. The van der Waals surface area contributed by atoms with Crippen molar-refractivity contribution in [1.29, 1.82) is 0 Å². The van der Waals surface area contributed by atoms with E-state index in [4.69, 9.17) is 0 Å². The summed E-state index contributed by atoms with van der Waals surface area (Å²) in [7, 11) is 0. The summed E-state index contributed by atoms with van der Waals surface area (Å²) in [5.74, 6) is 4.45. The van der Waals surface area contributed by atoms with Gasteiger partial charge >= 0.3 is 0 Å². The minimum Gasteiger partial charge on any atom is -0.393 e. The van der Waals surface area contributed by atoms with Gasteiger partial charge in [-0.25, -0.2) is 0 Å². The second kappa shape index (κ2) is 10.0. The zero-order valence-corrected chi connectivity index (χ0v) is 23.4. The molecule has 37 heavy (non-hydrogen) atoms. The third-order valence-electron chi connectivity index (χ3n) is 12.1. The van der Waals surface area contributed by atoms with E-state index in [2.05, 4.69) is 87.5 Å². The lowest BCUT2D eigenvalue weighted by atomic mass is 9.48. The molecule has 2 aromatic rings. The maximum Gasteiger partial charge on any atom is 0.0543 e. The number of allylic oxidation sites excluding steroid dienone is 2. The molecule has 0 bridgehead atoms. The molecule has 198 valence electrons. The predicted molar refractivity (Wildman–Crippen MR) is 154 cm³/mol. The van der Waals surface area contributed by atoms with Gasteiger partial charge in [-0.05, 0) is 116 Å². The molecule has 8 atom stereocenters. The molecule has 0 heterocycles. The molecule has 0 unspecified atom stereocenters. The second-order valence-electron chi connectivity index (χ2n) is 13.8. The van der Waals surface area contributed by atoms with Crippen molar-refractivity contribution in [1.82, 2.24) is 0 Å². The summed E-state index contributed by atoms with van der Waals surface area (Å²) in [6.07, 6.45) is 15.3. The van der Waals surface area contributed by atoms with Crippen LogP contribution in [0.15, 0.2) is 72.3 Å². The number of rotatable bonds is 6. The van der Waals surface area contributed by atoms with E-state index < -0.39 is 0 Å². The van der Waals surface area contributed by atoms with E-state index in [1.165, 1.54) is 62.5 Å². The van der Waals surface area contributed by atoms with E-state index in [9.17, 15) is 5.11 Å². The van der Waals surface area contributed by atoms with Crippen LogP contribution in [0.4, 0.5) is 0 Å². The van der Waals surface area contributed by atoms with Gasteiger partial charge in [0.15, 0.2) is 0 Å². The van der Waals surface area contributed by atoms with E-state index in [1.807, 2.05) is 5.57 Å². The van der Waals surface area contributed by atoms with Crippen LogP contribution in [0.25, 0.3) is 0 Å². The Morgan fingerprint density at radius 3 is 2.19 bits per heavy atom. The molecule has 1 nitrogen and oxygen atoms in total. The Labute approximate surface area is 225 Å². The number of benzene rings is 2. The molecule has 1 heteroatoms. The van der Waals surface area contributed by atoms with Gasteiger partial charge in [0.05, 0.1) is 6.10 Å². The number of aliphatic hydroxyl groups excluding tert-OH is 1. The fourth-order valence-electron chi connectivity index (χ4n) is 10.0. The highest BCUT2D eigenvalue weighted by Gasteiger charge is 2.57. The van der Waals surface area contributed by atoms with Crippen LogP contribution >= 0.6 is 0 Å². The molecule has 0 amide bonds. The summed E-state index contributed by atoms with van der Waals surface area (Å²) in [6.45, 7) is 7.81. The van der Waals surface area contributed by atoms with Crippen molar-refractivity contribution >= 4 is 0 Å². The maximum absolute atomic E-state index is 10.4. The fraction of sp³-hybridized carbons (Fsp3) is 0.611. The number of hydrogen-bond donors (Lipinski definition) is 1. The van der Waals surface area contributed by atoms with Gasteiger partial charge in [-0.2, -0.15) is 0 Å². The monoisotopic (exact) mass is 496 g/mol. The number of fused-ring (bicyclic) bond motifs is 5. The highest BCUT2D eigenvalue weighted by Crippen LogP contribution is 2.66. The molecule has 3 fully saturated rings. The largest absolute Gasteiger partial charge is 0.393 e. The molecule has 0 aliphatic heterocycles. The predicted octanol–water partition coefficient (Wildman–Crippen LogP) is 9.17. The summed E-state index contributed by atoms with van der Waals surface area (Å²) in [5.41, 5.74) is 5.55. The van der Waals surface area contributed by atoms with Crippen molar-refractivity contribution < 1.29 is 5.11 Å². The molecule has 1 N–H and O–H groups in total. The molecule has 4 aliphatic carbocycles. The minimum atomic E-state index is -0.0589. The van der Waals surface area contributed by atoms with Crippen LogP contribution in [0.5, 0.6) is 0 Å². The molecular weight excluding hydrogens is 448 g/mol. The van der Waals surface area contributed by atoms with Crippen LogP contribution in [-0.4, -0.2) is 11.2 Å². The molecule has 2 aromatic carbocycles. The molecule has 3 saturated carbocycles. The molecule has 0 spiro atoms. The average Bonchev–Trinajstić information content (AvgIpc) is 3.28. The van der Waals surface area contributed by atoms with Crippen molar-refractivity contribution in [2.45, 2.75) is 97.0 Å². The quantitative estimate of drug-likeness (QED) is 0.395. The normalized spacial score (nSPS) is 37.9. The number of aliphatic hydroxyl groups is 1. The van der Waals surface area contributed by atoms with Crippen molar-refractivity contribution in [2.24, 2.45) is 40.4 Å². The Morgan fingerprint density at radius 1 is 0.838 bits per heavy atom. The van der Waals surface area contributed by atoms with E-state index in [1.54, 1.807) is 0 Å². The summed E-state index contributed by atoms with van der Waals surface area (Å²) in [5, 5.41) is 10.4. The van der Waals surface area contributed by atoms with Gasteiger partial charge in [0, 0.05) is 5.92 Å². The van der Waals surface area contributed by atoms with E-state index in [-0.39, 0.29) is 6.10 Å². The molecule has 0 radical (unpaired) electrons. The fourth-order valence-corrected chi connectivity index (χ4v) is 10.0. The first-order valence-electron chi connectivity index (χ1n) is 15.4.